The molecule has 0 N–H and O–H groups in total. The van der Waals surface area contributed by atoms with Crippen molar-refractivity contribution in [2.45, 2.75) is 103 Å². The molecule has 0 fully saturated rings. The van der Waals surface area contributed by atoms with E-state index in [1.807, 2.05) is 0 Å². The molecule has 5 heteroatoms. The first kappa shape index (κ1) is 30.7. The summed E-state index contributed by atoms with van der Waals surface area (Å²) in [5.74, 6) is 2.05. The third-order valence-electron chi connectivity index (χ3n) is 8.66. The molecule has 42 heavy (non-hydrogen) atoms. The van der Waals surface area contributed by atoms with Gasteiger partial charge in [0.15, 0.2) is 0 Å². The molecule has 0 aliphatic heterocycles. The second-order valence-corrected chi connectivity index (χ2v) is 15.1. The fraction of sp³-hybridized carbons (Fsp3) is 0.432. The number of hydrogen-bond acceptors (Lipinski definition) is 3. The maximum atomic E-state index is 5.51. The van der Waals surface area contributed by atoms with Crippen LogP contribution in [0.2, 0.25) is 0 Å². The van der Waals surface area contributed by atoms with Crippen LogP contribution in [0.5, 0.6) is 0 Å². The Morgan fingerprint density at radius 3 is 1.67 bits per heavy atom. The van der Waals surface area contributed by atoms with Crippen molar-refractivity contribution in [2.24, 2.45) is 0 Å². The van der Waals surface area contributed by atoms with Gasteiger partial charge in [-0.2, -0.15) is 0 Å². The number of pyridine rings is 1. The molecule has 5 rings (SSSR count). The molecule has 220 valence electrons. The van der Waals surface area contributed by atoms with Crippen LogP contribution < -0.4 is 15.3 Å². The first-order chi connectivity index (χ1) is 19.9. The zero-order valence-electron chi connectivity index (χ0n) is 26.6. The van der Waals surface area contributed by atoms with Crippen molar-refractivity contribution in [3.8, 4) is 0 Å². The summed E-state index contributed by atoms with van der Waals surface area (Å²) in [6.07, 6.45) is 15.8. The SMILES string of the molecule is Bc1cc(N(c2cccc(N(c3cc(Br)cc(C(C)(C)C)c3)C3CC=CCC3)n2)C2CC=CCC2)cc(C(C)(C)C)c1. The molecule has 0 amide bonds. The summed E-state index contributed by atoms with van der Waals surface area (Å²) in [4.78, 5) is 10.5. The van der Waals surface area contributed by atoms with Crippen LogP contribution in [0.15, 0.2) is 83.4 Å². The highest BCUT2D eigenvalue weighted by Gasteiger charge is 2.28. The molecule has 0 bridgehead atoms. The lowest BCUT2D eigenvalue weighted by Gasteiger charge is -2.37. The van der Waals surface area contributed by atoms with E-state index < -0.39 is 0 Å². The lowest BCUT2D eigenvalue weighted by molar-refractivity contribution is 0.574. The van der Waals surface area contributed by atoms with Gasteiger partial charge in [-0.25, -0.2) is 4.98 Å². The van der Waals surface area contributed by atoms with Gasteiger partial charge in [0.25, 0.3) is 0 Å². The monoisotopic (exact) mass is 623 g/mol. The largest absolute Gasteiger partial charge is 0.323 e. The molecule has 0 radical (unpaired) electrons. The third kappa shape index (κ3) is 7.05. The van der Waals surface area contributed by atoms with E-state index in [9.17, 15) is 0 Å². The number of allylic oxidation sites excluding steroid dienone is 2. The highest BCUT2D eigenvalue weighted by molar-refractivity contribution is 9.10. The molecule has 0 saturated carbocycles. The molecular formula is C37H47BBrN3. The van der Waals surface area contributed by atoms with Crippen LogP contribution in [-0.4, -0.2) is 24.9 Å². The van der Waals surface area contributed by atoms with Crippen molar-refractivity contribution in [1.29, 1.82) is 0 Å². The molecule has 3 aromatic rings. The maximum Gasteiger partial charge on any atom is 0.139 e. The van der Waals surface area contributed by atoms with E-state index in [1.165, 1.54) is 28.0 Å². The van der Waals surface area contributed by atoms with Gasteiger partial charge >= 0.3 is 0 Å². The Morgan fingerprint density at radius 2 is 1.19 bits per heavy atom. The molecule has 3 nitrogen and oxygen atoms in total. The summed E-state index contributed by atoms with van der Waals surface area (Å²) in [6, 6.07) is 21.3. The lowest BCUT2D eigenvalue weighted by atomic mass is 9.82. The normalized spacial score (nSPS) is 19.1. The highest BCUT2D eigenvalue weighted by Crippen LogP contribution is 2.39. The third-order valence-corrected chi connectivity index (χ3v) is 9.12. The quantitative estimate of drug-likeness (QED) is 0.201. The molecule has 2 atom stereocenters. The second kappa shape index (κ2) is 12.4. The Hall–Kier alpha value is -2.79. The minimum atomic E-state index is 0.0488. The minimum Gasteiger partial charge on any atom is -0.323 e. The van der Waals surface area contributed by atoms with Gasteiger partial charge in [-0.1, -0.05) is 99.4 Å². The average Bonchev–Trinajstić information content (AvgIpc) is 2.93. The number of benzene rings is 2. The van der Waals surface area contributed by atoms with Gasteiger partial charge < -0.3 is 9.80 Å². The van der Waals surface area contributed by atoms with Crippen molar-refractivity contribution in [2.75, 3.05) is 9.80 Å². The Labute approximate surface area is 263 Å². The molecule has 1 heterocycles. The van der Waals surface area contributed by atoms with Gasteiger partial charge in [0.2, 0.25) is 0 Å². The van der Waals surface area contributed by atoms with Gasteiger partial charge in [0.05, 0.1) is 0 Å². The molecular weight excluding hydrogens is 577 g/mol. The van der Waals surface area contributed by atoms with Crippen LogP contribution in [0, 0.1) is 0 Å². The van der Waals surface area contributed by atoms with Crippen LogP contribution in [-0.2, 0) is 10.8 Å². The van der Waals surface area contributed by atoms with E-state index in [0.717, 1.165) is 54.6 Å². The molecule has 2 aromatic carbocycles. The smallest absolute Gasteiger partial charge is 0.139 e. The van der Waals surface area contributed by atoms with E-state index in [1.54, 1.807) is 0 Å². The van der Waals surface area contributed by atoms with Crippen molar-refractivity contribution in [3.05, 3.63) is 94.5 Å². The number of aromatic nitrogens is 1. The Bertz CT molecular complexity index is 1360. The molecule has 1 aromatic heterocycles. The Balaban J connectivity index is 1.65. The minimum absolute atomic E-state index is 0.0488. The number of anilines is 4. The number of hydrogen-bond donors (Lipinski definition) is 0. The van der Waals surface area contributed by atoms with Gasteiger partial charge in [0.1, 0.15) is 19.5 Å². The van der Waals surface area contributed by atoms with Crippen LogP contribution in [0.3, 0.4) is 0 Å². The summed E-state index contributed by atoms with van der Waals surface area (Å²) in [7, 11) is 2.22. The van der Waals surface area contributed by atoms with E-state index in [4.69, 9.17) is 4.98 Å². The Kier molecular flexibility index (Phi) is 9.09. The zero-order valence-corrected chi connectivity index (χ0v) is 28.2. The van der Waals surface area contributed by atoms with Crippen molar-refractivity contribution < 1.29 is 0 Å². The van der Waals surface area contributed by atoms with E-state index in [-0.39, 0.29) is 10.8 Å². The molecule has 2 unspecified atom stereocenters. The lowest BCUT2D eigenvalue weighted by Crippen LogP contribution is -2.35. The highest BCUT2D eigenvalue weighted by atomic mass is 79.9. The molecule has 2 aliphatic rings. The molecule has 0 spiro atoms. The van der Waals surface area contributed by atoms with Crippen LogP contribution >= 0.6 is 15.9 Å². The summed E-state index contributed by atoms with van der Waals surface area (Å²) in [5, 5.41) is 0. The topological polar surface area (TPSA) is 19.4 Å². The number of rotatable bonds is 6. The fourth-order valence-electron chi connectivity index (χ4n) is 6.25. The Morgan fingerprint density at radius 1 is 0.690 bits per heavy atom. The zero-order chi connectivity index (χ0) is 30.1. The van der Waals surface area contributed by atoms with Crippen molar-refractivity contribution in [1.82, 2.24) is 4.98 Å². The molecule has 0 saturated heterocycles. The summed E-state index contributed by atoms with van der Waals surface area (Å²) in [6.45, 7) is 13.8. The predicted octanol–water partition coefficient (Wildman–Crippen LogP) is 9.19. The predicted molar refractivity (Wildman–Crippen MR) is 188 cm³/mol. The van der Waals surface area contributed by atoms with Crippen molar-refractivity contribution >= 4 is 52.2 Å². The maximum absolute atomic E-state index is 5.51. The summed E-state index contributed by atoms with van der Waals surface area (Å²) < 4.78 is 1.11. The second-order valence-electron chi connectivity index (χ2n) is 14.2. The van der Waals surface area contributed by atoms with Gasteiger partial charge in [-0.05, 0) is 103 Å². The summed E-state index contributed by atoms with van der Waals surface area (Å²) in [5.41, 5.74) is 6.56. The van der Waals surface area contributed by atoms with E-state index in [2.05, 4.69) is 154 Å². The number of halogens is 1. The number of nitrogens with zero attached hydrogens (tertiary/aromatic N) is 3. The standard InChI is InChI=1S/C37H47BBrN3/c1-36(2,3)26-20-28(38)24-32(22-26)41(30-14-9-7-10-15-30)34-18-13-19-35(40-34)42(31-16-11-8-12-17-31)33-23-27(37(4,5)6)21-29(39)25-33/h7-9,11,13,18-25,30-31H,10,12,14-17,38H2,1-6H3. The van der Waals surface area contributed by atoms with E-state index in [0.29, 0.717) is 12.1 Å². The molecule has 2 aliphatic carbocycles. The fourth-order valence-corrected chi connectivity index (χ4v) is 6.73. The van der Waals surface area contributed by atoms with Crippen LogP contribution in [0.4, 0.5) is 23.0 Å². The summed E-state index contributed by atoms with van der Waals surface area (Å²) >= 11 is 3.84. The van der Waals surface area contributed by atoms with Crippen LogP contribution in [0.25, 0.3) is 0 Å². The first-order valence-corrected chi connectivity index (χ1v) is 16.5. The van der Waals surface area contributed by atoms with E-state index >= 15 is 0 Å². The van der Waals surface area contributed by atoms with Gasteiger partial charge in [-0.3, -0.25) is 0 Å². The first-order valence-electron chi connectivity index (χ1n) is 15.7. The van der Waals surface area contributed by atoms with Gasteiger partial charge in [0, 0.05) is 27.9 Å². The average molecular weight is 625 g/mol. The van der Waals surface area contributed by atoms with Crippen molar-refractivity contribution in [3.63, 3.8) is 0 Å². The van der Waals surface area contributed by atoms with Crippen LogP contribution in [0.1, 0.15) is 91.2 Å². The van der Waals surface area contributed by atoms with Gasteiger partial charge in [-0.15, -0.1) is 0 Å².